The molecule has 1 aliphatic carbocycles. The monoisotopic (exact) mass is 397 g/mol. The molecular formula is C18H21Cl2N3O3. The first kappa shape index (κ1) is 19.0. The molecule has 1 spiro atoms. The Kier molecular flexibility index (Phi) is 5.44. The summed E-state index contributed by atoms with van der Waals surface area (Å²) >= 11 is 12.1. The number of rotatable bonds is 4. The topological polar surface area (TPSA) is 78.5 Å². The molecule has 8 heteroatoms. The minimum absolute atomic E-state index is 0.0845. The number of hydrogen-bond donors (Lipinski definition) is 2. The van der Waals surface area contributed by atoms with Crippen LogP contribution in [0, 0.1) is 5.92 Å². The second-order valence-electron chi connectivity index (χ2n) is 7.08. The molecule has 1 aromatic carbocycles. The van der Waals surface area contributed by atoms with Crippen LogP contribution < -0.4 is 10.7 Å². The number of amides is 4. The SMILES string of the molecule is CC1CCC2(CC1)NC(=O)N(NC(=O)CCc1cccc(Cl)c1Cl)C2=O. The van der Waals surface area contributed by atoms with E-state index in [4.69, 9.17) is 23.2 Å². The molecule has 3 rings (SSSR count). The summed E-state index contributed by atoms with van der Waals surface area (Å²) in [5.74, 6) is -0.259. The van der Waals surface area contributed by atoms with Crippen LogP contribution in [0.25, 0.3) is 0 Å². The maximum atomic E-state index is 12.7. The van der Waals surface area contributed by atoms with Gasteiger partial charge in [0.25, 0.3) is 5.91 Å². The maximum Gasteiger partial charge on any atom is 0.344 e. The molecule has 1 saturated carbocycles. The molecular weight excluding hydrogens is 377 g/mol. The van der Waals surface area contributed by atoms with Crippen LogP contribution in [0.3, 0.4) is 0 Å². The number of carbonyl (C=O) groups is 3. The molecule has 2 aliphatic rings. The molecule has 6 nitrogen and oxygen atoms in total. The van der Waals surface area contributed by atoms with Gasteiger partial charge in [0, 0.05) is 6.42 Å². The van der Waals surface area contributed by atoms with Gasteiger partial charge in [0.2, 0.25) is 5.91 Å². The van der Waals surface area contributed by atoms with Gasteiger partial charge < -0.3 is 5.32 Å². The number of halogens is 2. The number of benzene rings is 1. The number of nitrogens with zero attached hydrogens (tertiary/aromatic N) is 1. The third kappa shape index (κ3) is 3.67. The highest BCUT2D eigenvalue weighted by Crippen LogP contribution is 2.35. The third-order valence-electron chi connectivity index (χ3n) is 5.18. The summed E-state index contributed by atoms with van der Waals surface area (Å²) in [5.41, 5.74) is 2.29. The van der Waals surface area contributed by atoms with Crippen LogP contribution in [-0.4, -0.2) is 28.4 Å². The largest absolute Gasteiger partial charge is 0.344 e. The van der Waals surface area contributed by atoms with Crippen molar-refractivity contribution in [2.75, 3.05) is 0 Å². The average Bonchev–Trinajstić information content (AvgIpc) is 2.83. The Morgan fingerprint density at radius 2 is 2.00 bits per heavy atom. The van der Waals surface area contributed by atoms with Crippen molar-refractivity contribution in [3.63, 3.8) is 0 Å². The van der Waals surface area contributed by atoms with Crippen LogP contribution in [-0.2, 0) is 16.0 Å². The Hall–Kier alpha value is -1.79. The molecule has 1 aromatic rings. The lowest BCUT2D eigenvalue weighted by Gasteiger charge is -2.33. The molecule has 1 saturated heterocycles. The lowest BCUT2D eigenvalue weighted by Crippen LogP contribution is -2.51. The number of nitrogens with one attached hydrogen (secondary N) is 2. The quantitative estimate of drug-likeness (QED) is 0.763. The molecule has 140 valence electrons. The first-order valence-electron chi connectivity index (χ1n) is 8.71. The van der Waals surface area contributed by atoms with Crippen LogP contribution in [0.15, 0.2) is 18.2 Å². The van der Waals surface area contributed by atoms with E-state index in [1.54, 1.807) is 18.2 Å². The summed E-state index contributed by atoms with van der Waals surface area (Å²) in [4.78, 5) is 37.1. The lowest BCUT2D eigenvalue weighted by atomic mass is 9.77. The van der Waals surface area contributed by atoms with Crippen LogP contribution in [0.2, 0.25) is 10.0 Å². The minimum Gasteiger partial charge on any atom is -0.322 e. The molecule has 0 radical (unpaired) electrons. The average molecular weight is 398 g/mol. The van der Waals surface area contributed by atoms with Gasteiger partial charge in [-0.15, -0.1) is 0 Å². The summed E-state index contributed by atoms with van der Waals surface area (Å²) in [6.45, 7) is 2.13. The number of urea groups is 1. The predicted molar refractivity (Wildman–Crippen MR) is 98.7 cm³/mol. The van der Waals surface area contributed by atoms with E-state index in [-0.39, 0.29) is 12.3 Å². The summed E-state index contributed by atoms with van der Waals surface area (Å²) in [6, 6.07) is 4.64. The van der Waals surface area contributed by atoms with Crippen LogP contribution in [0.4, 0.5) is 4.79 Å². The molecule has 0 unspecified atom stereocenters. The smallest absolute Gasteiger partial charge is 0.322 e. The summed E-state index contributed by atoms with van der Waals surface area (Å²) < 4.78 is 0. The maximum absolute atomic E-state index is 12.7. The molecule has 2 N–H and O–H groups in total. The van der Waals surface area contributed by atoms with Crippen molar-refractivity contribution >= 4 is 41.0 Å². The Morgan fingerprint density at radius 3 is 2.69 bits per heavy atom. The van der Waals surface area contributed by atoms with Crippen LogP contribution in [0.5, 0.6) is 0 Å². The highest BCUT2D eigenvalue weighted by molar-refractivity contribution is 6.42. The number of imide groups is 1. The zero-order valence-corrected chi connectivity index (χ0v) is 16.0. The highest BCUT2D eigenvalue weighted by Gasteiger charge is 2.52. The molecule has 0 bridgehead atoms. The van der Waals surface area contributed by atoms with E-state index in [2.05, 4.69) is 17.7 Å². The Balaban J connectivity index is 1.60. The first-order chi connectivity index (χ1) is 12.3. The van der Waals surface area contributed by atoms with Crippen molar-refractivity contribution in [3.05, 3.63) is 33.8 Å². The van der Waals surface area contributed by atoms with Gasteiger partial charge in [0.05, 0.1) is 10.0 Å². The molecule has 2 fully saturated rings. The second kappa shape index (κ2) is 7.45. The van der Waals surface area contributed by atoms with E-state index in [0.717, 1.165) is 23.4 Å². The standard InChI is InChI=1S/C18H21Cl2N3O3/c1-11-7-9-18(10-8-11)16(25)23(17(26)21-18)22-14(24)6-5-12-3-2-4-13(19)15(12)20/h2-4,11H,5-10H2,1H3,(H,21,26)(H,22,24). The Morgan fingerprint density at radius 1 is 1.31 bits per heavy atom. The van der Waals surface area contributed by atoms with Crippen molar-refractivity contribution in [1.82, 2.24) is 15.8 Å². The first-order valence-corrected chi connectivity index (χ1v) is 9.47. The zero-order chi connectivity index (χ0) is 18.9. The molecule has 1 aliphatic heterocycles. The number of aryl methyl sites for hydroxylation is 1. The van der Waals surface area contributed by atoms with Crippen LogP contribution in [0.1, 0.15) is 44.6 Å². The summed E-state index contributed by atoms with van der Waals surface area (Å²) in [7, 11) is 0. The fraction of sp³-hybridized carbons (Fsp3) is 0.500. The minimum atomic E-state index is -0.868. The van der Waals surface area contributed by atoms with E-state index in [1.165, 1.54) is 0 Å². The van der Waals surface area contributed by atoms with Crippen molar-refractivity contribution in [2.24, 2.45) is 5.92 Å². The fourth-order valence-corrected chi connectivity index (χ4v) is 3.90. The molecule has 0 atom stereocenters. The number of hydrazine groups is 1. The van der Waals surface area contributed by atoms with Gasteiger partial charge in [0.15, 0.2) is 0 Å². The van der Waals surface area contributed by atoms with Gasteiger partial charge in [-0.3, -0.25) is 15.0 Å². The van der Waals surface area contributed by atoms with Crippen molar-refractivity contribution in [1.29, 1.82) is 0 Å². The van der Waals surface area contributed by atoms with Crippen molar-refractivity contribution < 1.29 is 14.4 Å². The Labute approximate surface area is 162 Å². The van der Waals surface area contributed by atoms with Crippen molar-refractivity contribution in [3.8, 4) is 0 Å². The fourth-order valence-electron chi connectivity index (χ4n) is 3.49. The van der Waals surface area contributed by atoms with Gasteiger partial charge in [0.1, 0.15) is 5.54 Å². The van der Waals surface area contributed by atoms with Gasteiger partial charge in [-0.1, -0.05) is 42.3 Å². The van der Waals surface area contributed by atoms with Gasteiger partial charge >= 0.3 is 6.03 Å². The van der Waals surface area contributed by atoms with Gasteiger partial charge in [-0.2, -0.15) is 5.01 Å². The van der Waals surface area contributed by atoms with Gasteiger partial charge in [-0.05, 0) is 49.7 Å². The summed E-state index contributed by atoms with van der Waals surface area (Å²) in [6.07, 6.45) is 3.40. The van der Waals surface area contributed by atoms with E-state index < -0.39 is 17.5 Å². The molecule has 0 aromatic heterocycles. The molecule has 4 amide bonds. The Bertz CT molecular complexity index is 745. The normalized spacial score (nSPS) is 25.5. The lowest BCUT2D eigenvalue weighted by molar-refractivity contribution is -0.140. The van der Waals surface area contributed by atoms with E-state index >= 15 is 0 Å². The number of hydrogen-bond acceptors (Lipinski definition) is 3. The van der Waals surface area contributed by atoms with Crippen molar-refractivity contribution in [2.45, 2.75) is 51.0 Å². The van der Waals surface area contributed by atoms with E-state index in [9.17, 15) is 14.4 Å². The van der Waals surface area contributed by atoms with E-state index in [0.29, 0.717) is 35.2 Å². The molecule has 26 heavy (non-hydrogen) atoms. The van der Waals surface area contributed by atoms with Gasteiger partial charge in [-0.25, -0.2) is 4.79 Å². The highest BCUT2D eigenvalue weighted by atomic mass is 35.5. The predicted octanol–water partition coefficient (Wildman–Crippen LogP) is 3.46. The third-order valence-corrected chi connectivity index (χ3v) is 6.04. The van der Waals surface area contributed by atoms with E-state index in [1.807, 2.05) is 0 Å². The molecule has 1 heterocycles. The number of carbonyl (C=O) groups excluding carboxylic acids is 3. The van der Waals surface area contributed by atoms with Crippen LogP contribution >= 0.6 is 23.2 Å². The zero-order valence-electron chi connectivity index (χ0n) is 14.5. The summed E-state index contributed by atoms with van der Waals surface area (Å²) in [5, 5.41) is 4.42. The second-order valence-corrected chi connectivity index (χ2v) is 7.87.